The normalized spacial score (nSPS) is 15.6. The van der Waals surface area contributed by atoms with Crippen molar-refractivity contribution in [2.75, 3.05) is 20.2 Å². The van der Waals surface area contributed by atoms with Gasteiger partial charge in [0.05, 0.1) is 23.5 Å². The van der Waals surface area contributed by atoms with Crippen LogP contribution in [-0.2, 0) is 19.6 Å². The van der Waals surface area contributed by atoms with E-state index in [1.165, 1.54) is 23.5 Å². The third-order valence-corrected chi connectivity index (χ3v) is 7.20. The van der Waals surface area contributed by atoms with Crippen molar-refractivity contribution in [1.82, 2.24) is 4.31 Å². The number of ether oxygens (including phenoxy) is 2. The van der Waals surface area contributed by atoms with Gasteiger partial charge in [-0.05, 0) is 50.5 Å². The second-order valence-electron chi connectivity index (χ2n) is 7.36. The average molecular weight is 432 g/mol. The zero-order valence-corrected chi connectivity index (χ0v) is 18.1. The van der Waals surface area contributed by atoms with Crippen LogP contribution in [0.15, 0.2) is 47.4 Å². The third kappa shape index (κ3) is 4.55. The molecule has 0 bridgehead atoms. The molecule has 160 valence electrons. The molecule has 8 heteroatoms. The van der Waals surface area contributed by atoms with E-state index in [4.69, 9.17) is 9.47 Å². The Kier molecular flexibility index (Phi) is 6.58. The summed E-state index contributed by atoms with van der Waals surface area (Å²) in [6, 6.07) is 11.6. The lowest BCUT2D eigenvalue weighted by molar-refractivity contribution is -0.140. The first-order valence-electron chi connectivity index (χ1n) is 9.70. The number of benzene rings is 2. The number of carbonyl (C=O) groups is 2. The molecule has 1 aliphatic rings. The highest BCUT2D eigenvalue weighted by molar-refractivity contribution is 7.89. The number of rotatable bonds is 5. The van der Waals surface area contributed by atoms with Crippen molar-refractivity contribution in [1.29, 1.82) is 0 Å². The lowest BCUT2D eigenvalue weighted by atomic mass is 9.98. The summed E-state index contributed by atoms with van der Waals surface area (Å²) in [6.45, 7) is 4.19. The Bertz CT molecular complexity index is 1060. The van der Waals surface area contributed by atoms with Crippen molar-refractivity contribution in [3.05, 3.63) is 59.2 Å². The average Bonchev–Trinajstić information content (AvgIpc) is 2.75. The van der Waals surface area contributed by atoms with Crippen LogP contribution in [0.4, 0.5) is 0 Å². The predicted molar refractivity (Wildman–Crippen MR) is 111 cm³/mol. The van der Waals surface area contributed by atoms with Gasteiger partial charge >= 0.3 is 11.9 Å². The van der Waals surface area contributed by atoms with Gasteiger partial charge in [0.25, 0.3) is 0 Å². The summed E-state index contributed by atoms with van der Waals surface area (Å²) in [6.07, 6.45) is 0.701. The van der Waals surface area contributed by atoms with Gasteiger partial charge in [-0.3, -0.25) is 4.79 Å². The van der Waals surface area contributed by atoms with Crippen molar-refractivity contribution >= 4 is 22.0 Å². The Hall–Kier alpha value is -2.71. The number of hydrogen-bond donors (Lipinski definition) is 0. The molecule has 1 aliphatic heterocycles. The van der Waals surface area contributed by atoms with Crippen LogP contribution in [0.3, 0.4) is 0 Å². The molecular weight excluding hydrogens is 406 g/mol. The van der Waals surface area contributed by atoms with Crippen molar-refractivity contribution < 1.29 is 27.5 Å². The Morgan fingerprint density at radius 2 is 1.70 bits per heavy atom. The van der Waals surface area contributed by atoms with Gasteiger partial charge in [-0.1, -0.05) is 29.8 Å². The molecule has 0 amide bonds. The molecule has 1 heterocycles. The zero-order chi connectivity index (χ0) is 21.9. The maximum Gasteiger partial charge on any atom is 0.339 e. The number of sulfonamides is 1. The summed E-state index contributed by atoms with van der Waals surface area (Å²) < 4.78 is 37.7. The molecule has 0 spiro atoms. The quantitative estimate of drug-likeness (QED) is 0.534. The monoisotopic (exact) mass is 431 g/mol. The highest BCUT2D eigenvalue weighted by Crippen LogP contribution is 2.28. The molecule has 7 nitrogen and oxygen atoms in total. The van der Waals surface area contributed by atoms with Gasteiger partial charge < -0.3 is 9.47 Å². The van der Waals surface area contributed by atoms with Gasteiger partial charge in [0.15, 0.2) is 0 Å². The Morgan fingerprint density at radius 1 is 1.03 bits per heavy atom. The predicted octanol–water partition coefficient (Wildman–Crippen LogP) is 3.10. The van der Waals surface area contributed by atoms with Gasteiger partial charge in [-0.15, -0.1) is 0 Å². The van der Waals surface area contributed by atoms with E-state index >= 15 is 0 Å². The largest absolute Gasteiger partial charge is 0.465 e. The van der Waals surface area contributed by atoms with E-state index in [1.807, 2.05) is 26.0 Å². The van der Waals surface area contributed by atoms with Crippen LogP contribution < -0.4 is 4.74 Å². The van der Waals surface area contributed by atoms with Crippen LogP contribution in [0.25, 0.3) is 0 Å². The third-order valence-electron chi connectivity index (χ3n) is 5.24. The SMILES string of the molecule is COC(=O)c1ccccc1S(=O)(=O)N1CCC(C(=O)Oc2ccc(C)cc2C)CC1. The van der Waals surface area contributed by atoms with Crippen LogP contribution in [0.2, 0.25) is 0 Å². The minimum absolute atomic E-state index is 0.00335. The van der Waals surface area contributed by atoms with E-state index in [1.54, 1.807) is 18.2 Å². The molecule has 1 fully saturated rings. The fourth-order valence-electron chi connectivity index (χ4n) is 3.55. The number of hydrogen-bond acceptors (Lipinski definition) is 6. The maximum atomic E-state index is 13.1. The number of methoxy groups -OCH3 is 1. The van der Waals surface area contributed by atoms with E-state index < -0.39 is 16.0 Å². The van der Waals surface area contributed by atoms with Crippen molar-refractivity contribution in [3.8, 4) is 5.75 Å². The van der Waals surface area contributed by atoms with Crippen molar-refractivity contribution in [2.24, 2.45) is 5.92 Å². The van der Waals surface area contributed by atoms with Crippen molar-refractivity contribution in [2.45, 2.75) is 31.6 Å². The number of carbonyl (C=O) groups excluding carboxylic acids is 2. The fourth-order valence-corrected chi connectivity index (χ4v) is 5.20. The highest BCUT2D eigenvalue weighted by atomic mass is 32.2. The van der Waals surface area contributed by atoms with Crippen molar-refractivity contribution in [3.63, 3.8) is 0 Å². The molecule has 2 aromatic carbocycles. The summed E-state index contributed by atoms with van der Waals surface area (Å²) >= 11 is 0. The molecular formula is C22H25NO6S. The molecule has 3 rings (SSSR count). The maximum absolute atomic E-state index is 13.1. The van der Waals surface area contributed by atoms with E-state index in [-0.39, 0.29) is 35.4 Å². The molecule has 0 aromatic heterocycles. The van der Waals surface area contributed by atoms with Crippen LogP contribution in [0, 0.1) is 19.8 Å². The fraction of sp³-hybridized carbons (Fsp3) is 0.364. The van der Waals surface area contributed by atoms with E-state index in [0.29, 0.717) is 18.6 Å². The van der Waals surface area contributed by atoms with Gasteiger partial charge in [0, 0.05) is 13.1 Å². The molecule has 30 heavy (non-hydrogen) atoms. The molecule has 2 aromatic rings. The topological polar surface area (TPSA) is 90.0 Å². The molecule has 0 aliphatic carbocycles. The van der Waals surface area contributed by atoms with Gasteiger partial charge in [0.2, 0.25) is 10.0 Å². The summed E-state index contributed by atoms with van der Waals surface area (Å²) in [5, 5.41) is 0. The summed E-state index contributed by atoms with van der Waals surface area (Å²) in [5.41, 5.74) is 1.96. The summed E-state index contributed by atoms with van der Waals surface area (Å²) in [4.78, 5) is 24.4. The van der Waals surface area contributed by atoms with Gasteiger partial charge in [0.1, 0.15) is 5.75 Å². The van der Waals surface area contributed by atoms with E-state index in [2.05, 4.69) is 0 Å². The Balaban J connectivity index is 1.69. The zero-order valence-electron chi connectivity index (χ0n) is 17.3. The molecule has 0 N–H and O–H groups in total. The Labute approximate surface area is 176 Å². The Morgan fingerprint density at radius 3 is 2.33 bits per heavy atom. The number of nitrogens with zero attached hydrogens (tertiary/aromatic N) is 1. The minimum Gasteiger partial charge on any atom is -0.465 e. The molecule has 0 radical (unpaired) electrons. The first-order valence-corrected chi connectivity index (χ1v) is 11.1. The van der Waals surface area contributed by atoms with Gasteiger partial charge in [-0.2, -0.15) is 4.31 Å². The first kappa shape index (κ1) is 22.0. The van der Waals surface area contributed by atoms with E-state index in [0.717, 1.165) is 11.1 Å². The first-order chi connectivity index (χ1) is 14.2. The summed E-state index contributed by atoms with van der Waals surface area (Å²) in [7, 11) is -2.68. The number of esters is 2. The second-order valence-corrected chi connectivity index (χ2v) is 9.26. The standard InChI is InChI=1S/C22H25NO6S/c1-15-8-9-19(16(2)14-15)29-21(24)17-10-12-23(13-11-17)30(26,27)20-7-5-4-6-18(20)22(25)28-3/h4-9,14,17H,10-13H2,1-3H3. The molecule has 0 atom stereocenters. The number of aryl methyl sites for hydroxylation is 2. The molecule has 0 saturated carbocycles. The van der Waals surface area contributed by atoms with E-state index in [9.17, 15) is 18.0 Å². The lowest BCUT2D eigenvalue weighted by Crippen LogP contribution is -2.41. The lowest BCUT2D eigenvalue weighted by Gasteiger charge is -2.30. The smallest absolute Gasteiger partial charge is 0.339 e. The number of piperidine rings is 1. The second kappa shape index (κ2) is 8.97. The van der Waals surface area contributed by atoms with Crippen LogP contribution in [-0.4, -0.2) is 44.9 Å². The van der Waals surface area contributed by atoms with Crippen LogP contribution in [0.1, 0.15) is 34.3 Å². The molecule has 0 unspecified atom stereocenters. The highest BCUT2D eigenvalue weighted by Gasteiger charge is 2.35. The van der Waals surface area contributed by atoms with Gasteiger partial charge in [-0.25, -0.2) is 13.2 Å². The van der Waals surface area contributed by atoms with Crippen LogP contribution >= 0.6 is 0 Å². The molecule has 1 saturated heterocycles. The van der Waals surface area contributed by atoms with Crippen LogP contribution in [0.5, 0.6) is 5.75 Å². The minimum atomic E-state index is -3.89. The summed E-state index contributed by atoms with van der Waals surface area (Å²) in [5.74, 6) is -0.921.